The molecule has 1 aliphatic carbocycles. The molecule has 2 fully saturated rings. The van der Waals surface area contributed by atoms with Gasteiger partial charge in [0.2, 0.25) is 0 Å². The molecule has 1 saturated heterocycles. The Balaban J connectivity index is 1.72. The number of carbonyl (C=O) groups excluding carboxylic acids is 2. The first-order valence-corrected chi connectivity index (χ1v) is 8.09. The highest BCUT2D eigenvalue weighted by Crippen LogP contribution is 2.43. The minimum atomic E-state index is -1.05. The van der Waals surface area contributed by atoms with E-state index in [4.69, 9.17) is 0 Å². The summed E-state index contributed by atoms with van der Waals surface area (Å²) in [5, 5.41) is 9.32. The Morgan fingerprint density at radius 2 is 1.86 bits per heavy atom. The van der Waals surface area contributed by atoms with Crippen LogP contribution in [0.15, 0.2) is 28.7 Å². The lowest BCUT2D eigenvalue weighted by Crippen LogP contribution is -2.48. The predicted octanol–water partition coefficient (Wildman–Crippen LogP) is 3.12. The Hall–Kier alpha value is -1.69. The number of Topliss-reactive ketones (excluding diaryl/α,β-unsaturated/α-hetero) is 2. The number of fused-ring (bicyclic) bond motifs is 2. The average Bonchev–Trinajstić information content (AvgIpc) is 3.08. The number of carboxylic acid groups (broad SMARTS) is 1. The molecule has 0 aromatic heterocycles. The van der Waals surface area contributed by atoms with Gasteiger partial charge in [-0.15, -0.1) is 0 Å². The molecule has 116 valence electrons. The van der Waals surface area contributed by atoms with Crippen LogP contribution in [0.2, 0.25) is 0 Å². The molecule has 1 aliphatic heterocycles. The minimum absolute atomic E-state index is 0.0563. The summed E-state index contributed by atoms with van der Waals surface area (Å²) >= 11 is 3.29. The second kappa shape index (κ2) is 5.83. The molecule has 1 aromatic rings. The van der Waals surface area contributed by atoms with E-state index in [1.54, 1.807) is 24.3 Å². The van der Waals surface area contributed by atoms with E-state index in [-0.39, 0.29) is 29.9 Å². The van der Waals surface area contributed by atoms with E-state index in [9.17, 15) is 19.5 Å². The second-order valence-electron chi connectivity index (χ2n) is 5.93. The van der Waals surface area contributed by atoms with Gasteiger partial charge in [0.05, 0.1) is 12.5 Å². The summed E-state index contributed by atoms with van der Waals surface area (Å²) in [5.41, 5.74) is 0.474. The van der Waals surface area contributed by atoms with E-state index in [1.165, 1.54) is 4.90 Å². The van der Waals surface area contributed by atoms with Crippen LogP contribution in [-0.2, 0) is 4.79 Å². The molecule has 1 saturated carbocycles. The number of benzene rings is 1. The van der Waals surface area contributed by atoms with Crippen molar-refractivity contribution in [3.63, 3.8) is 0 Å². The lowest BCUT2D eigenvalue weighted by molar-refractivity contribution is -0.124. The number of piperidine rings is 1. The highest BCUT2D eigenvalue weighted by molar-refractivity contribution is 9.10. The quantitative estimate of drug-likeness (QED) is 0.656. The van der Waals surface area contributed by atoms with E-state index in [1.807, 2.05) is 0 Å². The lowest BCUT2D eigenvalue weighted by Gasteiger charge is -2.31. The molecule has 1 N–H and O–H groups in total. The molecule has 2 aliphatic rings. The summed E-state index contributed by atoms with van der Waals surface area (Å²) in [5.74, 6) is -0.459. The van der Waals surface area contributed by atoms with Crippen LogP contribution in [0.4, 0.5) is 4.79 Å². The van der Waals surface area contributed by atoms with Gasteiger partial charge in [0.25, 0.3) is 0 Å². The summed E-state index contributed by atoms with van der Waals surface area (Å²) < 4.78 is 0.862. The van der Waals surface area contributed by atoms with Crippen molar-refractivity contribution in [3.8, 4) is 0 Å². The van der Waals surface area contributed by atoms with Crippen LogP contribution in [0.5, 0.6) is 0 Å². The zero-order valence-corrected chi connectivity index (χ0v) is 13.5. The largest absolute Gasteiger partial charge is 0.465 e. The maximum atomic E-state index is 12.5. The Morgan fingerprint density at radius 1 is 1.18 bits per heavy atom. The fourth-order valence-electron chi connectivity index (χ4n) is 3.68. The summed E-state index contributed by atoms with van der Waals surface area (Å²) in [6, 6.07) is 6.12. The summed E-state index contributed by atoms with van der Waals surface area (Å²) in [6.45, 7) is 0. The zero-order valence-electron chi connectivity index (χ0n) is 11.9. The third kappa shape index (κ3) is 2.67. The second-order valence-corrected chi connectivity index (χ2v) is 6.85. The number of nitrogens with zero attached hydrogens (tertiary/aromatic N) is 1. The fraction of sp³-hybridized carbons (Fsp3) is 0.438. The lowest BCUT2D eigenvalue weighted by atomic mass is 9.91. The molecular formula is C16H16BrNO4. The van der Waals surface area contributed by atoms with E-state index in [2.05, 4.69) is 15.9 Å². The van der Waals surface area contributed by atoms with Crippen LogP contribution < -0.4 is 0 Å². The SMILES string of the molecule is O=C(CC(=O)C1C2CCC(C2)N1C(=O)O)c1ccc(Br)cc1. The summed E-state index contributed by atoms with van der Waals surface area (Å²) in [6.07, 6.45) is 1.15. The van der Waals surface area contributed by atoms with Crippen LogP contribution >= 0.6 is 15.9 Å². The molecular weight excluding hydrogens is 350 g/mol. The number of likely N-dealkylation sites (tertiary alicyclic amines) is 1. The zero-order chi connectivity index (χ0) is 15.9. The van der Waals surface area contributed by atoms with Gasteiger partial charge in [-0.1, -0.05) is 28.1 Å². The number of halogens is 1. The van der Waals surface area contributed by atoms with Gasteiger partial charge in [0.15, 0.2) is 11.6 Å². The molecule has 3 rings (SSSR count). The van der Waals surface area contributed by atoms with Gasteiger partial charge in [-0.25, -0.2) is 4.79 Å². The monoisotopic (exact) mass is 365 g/mol. The fourth-order valence-corrected chi connectivity index (χ4v) is 3.94. The van der Waals surface area contributed by atoms with Gasteiger partial charge in [0, 0.05) is 16.1 Å². The van der Waals surface area contributed by atoms with Crippen molar-refractivity contribution in [2.24, 2.45) is 5.92 Å². The van der Waals surface area contributed by atoms with Crippen molar-refractivity contribution >= 4 is 33.6 Å². The molecule has 3 unspecified atom stereocenters. The van der Waals surface area contributed by atoms with Gasteiger partial charge in [-0.2, -0.15) is 0 Å². The van der Waals surface area contributed by atoms with Crippen molar-refractivity contribution in [1.29, 1.82) is 0 Å². The summed E-state index contributed by atoms with van der Waals surface area (Å²) in [4.78, 5) is 37.3. The van der Waals surface area contributed by atoms with Crippen molar-refractivity contribution < 1.29 is 19.5 Å². The maximum absolute atomic E-state index is 12.5. The van der Waals surface area contributed by atoms with Crippen molar-refractivity contribution in [2.75, 3.05) is 0 Å². The normalized spacial score (nSPS) is 26.2. The van der Waals surface area contributed by atoms with Crippen LogP contribution in [0.1, 0.15) is 36.0 Å². The van der Waals surface area contributed by atoms with Gasteiger partial charge in [-0.3, -0.25) is 14.5 Å². The molecule has 1 aromatic carbocycles. The standard InChI is InChI=1S/C16H16BrNO4/c17-11-4-1-9(2-5-11)13(19)8-14(20)15-10-3-6-12(7-10)18(15)16(21)22/h1-2,4-5,10,12,15H,3,6-8H2,(H,21,22). The molecule has 5 nitrogen and oxygen atoms in total. The highest BCUT2D eigenvalue weighted by atomic mass is 79.9. The number of ketones is 2. The summed E-state index contributed by atoms with van der Waals surface area (Å²) in [7, 11) is 0. The molecule has 22 heavy (non-hydrogen) atoms. The van der Waals surface area contributed by atoms with Gasteiger partial charge >= 0.3 is 6.09 Å². The van der Waals surface area contributed by atoms with E-state index in [0.29, 0.717) is 5.56 Å². The van der Waals surface area contributed by atoms with Crippen LogP contribution in [0.3, 0.4) is 0 Å². The van der Waals surface area contributed by atoms with E-state index in [0.717, 1.165) is 23.7 Å². The van der Waals surface area contributed by atoms with Crippen molar-refractivity contribution in [2.45, 2.75) is 37.8 Å². The molecule has 1 amide bonds. The smallest absolute Gasteiger partial charge is 0.408 e. The maximum Gasteiger partial charge on any atom is 0.408 e. The van der Waals surface area contributed by atoms with Crippen LogP contribution in [0, 0.1) is 5.92 Å². The Morgan fingerprint density at radius 3 is 2.50 bits per heavy atom. The minimum Gasteiger partial charge on any atom is -0.465 e. The van der Waals surface area contributed by atoms with E-state index < -0.39 is 12.1 Å². The Labute approximate surface area is 136 Å². The number of carbonyl (C=O) groups is 3. The number of amides is 1. The molecule has 2 bridgehead atoms. The Bertz CT molecular complexity index is 628. The van der Waals surface area contributed by atoms with Crippen LogP contribution in [-0.4, -0.2) is 39.7 Å². The van der Waals surface area contributed by atoms with Gasteiger partial charge < -0.3 is 5.11 Å². The van der Waals surface area contributed by atoms with Gasteiger partial charge in [0.1, 0.15) is 0 Å². The molecule has 0 spiro atoms. The predicted molar refractivity (Wildman–Crippen MR) is 82.9 cm³/mol. The van der Waals surface area contributed by atoms with Crippen molar-refractivity contribution in [3.05, 3.63) is 34.3 Å². The topological polar surface area (TPSA) is 74.7 Å². The number of hydrogen-bond acceptors (Lipinski definition) is 3. The van der Waals surface area contributed by atoms with Crippen molar-refractivity contribution in [1.82, 2.24) is 4.90 Å². The molecule has 3 atom stereocenters. The van der Waals surface area contributed by atoms with E-state index >= 15 is 0 Å². The first-order valence-electron chi connectivity index (χ1n) is 7.30. The first-order chi connectivity index (χ1) is 10.5. The number of rotatable bonds is 4. The molecule has 1 heterocycles. The third-order valence-corrected chi connectivity index (χ3v) is 5.17. The average molecular weight is 366 g/mol. The highest BCUT2D eigenvalue weighted by Gasteiger charge is 2.51. The van der Waals surface area contributed by atoms with Gasteiger partial charge in [-0.05, 0) is 37.3 Å². The molecule has 0 radical (unpaired) electrons. The molecule has 6 heteroatoms. The first kappa shape index (κ1) is 15.2. The Kier molecular flexibility index (Phi) is 4.04. The number of hydrogen-bond donors (Lipinski definition) is 1. The van der Waals surface area contributed by atoms with Crippen LogP contribution in [0.25, 0.3) is 0 Å². The third-order valence-electron chi connectivity index (χ3n) is 4.64.